The zero-order valence-electron chi connectivity index (χ0n) is 9.36. The number of pyridine rings is 1. The highest BCUT2D eigenvalue weighted by molar-refractivity contribution is 5.93. The van der Waals surface area contributed by atoms with Gasteiger partial charge in [0.1, 0.15) is 0 Å². The van der Waals surface area contributed by atoms with E-state index in [1.54, 1.807) is 12.1 Å². The Morgan fingerprint density at radius 1 is 1.22 bits per heavy atom. The smallest absolute Gasteiger partial charge is 0.250 e. The summed E-state index contributed by atoms with van der Waals surface area (Å²) in [5.74, 6) is -2.43. The number of nitrogens with zero attached hydrogens (tertiary/aromatic N) is 1. The van der Waals surface area contributed by atoms with Crippen LogP contribution in [0.1, 0.15) is 21.6 Å². The molecule has 5 heteroatoms. The summed E-state index contributed by atoms with van der Waals surface area (Å²) in [4.78, 5) is 15.2. The molecule has 0 fully saturated rings. The van der Waals surface area contributed by atoms with Gasteiger partial charge in [-0.2, -0.15) is 0 Å². The molecule has 0 spiro atoms. The number of amides is 1. The van der Waals surface area contributed by atoms with Crippen molar-refractivity contribution in [1.82, 2.24) is 4.98 Å². The molecule has 0 bridgehead atoms. The normalized spacial score (nSPS) is 10.3. The predicted octanol–water partition coefficient (Wildman–Crippen LogP) is 2.05. The molecule has 2 rings (SSSR count). The second-order valence-electron chi connectivity index (χ2n) is 3.79. The first-order chi connectivity index (χ1) is 8.58. The van der Waals surface area contributed by atoms with Gasteiger partial charge in [0.2, 0.25) is 0 Å². The van der Waals surface area contributed by atoms with Crippen LogP contribution in [-0.2, 0) is 6.42 Å². The number of halogens is 2. The number of benzene rings is 1. The lowest BCUT2D eigenvalue weighted by molar-refractivity contribution is 0.0999. The molecule has 3 nitrogen and oxygen atoms in total. The summed E-state index contributed by atoms with van der Waals surface area (Å²) in [6, 6.07) is 6.70. The molecule has 0 saturated carbocycles. The van der Waals surface area contributed by atoms with E-state index in [1.807, 2.05) is 0 Å². The van der Waals surface area contributed by atoms with E-state index in [9.17, 15) is 13.6 Å². The number of aromatic nitrogens is 1. The number of rotatable bonds is 3. The van der Waals surface area contributed by atoms with E-state index in [4.69, 9.17) is 5.73 Å². The Kier molecular flexibility index (Phi) is 3.32. The molecule has 0 aliphatic carbocycles. The van der Waals surface area contributed by atoms with Crippen LogP contribution in [0.2, 0.25) is 0 Å². The van der Waals surface area contributed by atoms with Gasteiger partial charge in [-0.1, -0.05) is 6.07 Å². The van der Waals surface area contributed by atoms with Crippen molar-refractivity contribution in [3.63, 3.8) is 0 Å². The van der Waals surface area contributed by atoms with Gasteiger partial charge < -0.3 is 5.73 Å². The summed E-state index contributed by atoms with van der Waals surface area (Å²) in [6.07, 6.45) is 1.73. The minimum absolute atomic E-state index is 0.219. The predicted molar refractivity (Wildman–Crippen MR) is 61.9 cm³/mol. The van der Waals surface area contributed by atoms with Crippen molar-refractivity contribution in [1.29, 1.82) is 0 Å². The van der Waals surface area contributed by atoms with Crippen molar-refractivity contribution >= 4 is 5.91 Å². The number of carbonyl (C=O) groups is 1. The van der Waals surface area contributed by atoms with Crippen LogP contribution in [0, 0.1) is 11.6 Å². The van der Waals surface area contributed by atoms with E-state index in [1.165, 1.54) is 12.3 Å². The maximum atomic E-state index is 13.1. The fraction of sp³-hybridized carbons (Fsp3) is 0.0769. The molecule has 18 heavy (non-hydrogen) atoms. The van der Waals surface area contributed by atoms with Gasteiger partial charge in [0.15, 0.2) is 11.6 Å². The van der Waals surface area contributed by atoms with E-state index in [2.05, 4.69) is 4.98 Å². The summed E-state index contributed by atoms with van der Waals surface area (Å²) in [7, 11) is 0. The van der Waals surface area contributed by atoms with Crippen molar-refractivity contribution in [3.05, 3.63) is 65.0 Å². The highest BCUT2D eigenvalue weighted by Gasteiger charge is 2.10. The Hall–Kier alpha value is -2.30. The molecule has 0 unspecified atom stereocenters. The molecular weight excluding hydrogens is 238 g/mol. The number of hydrogen-bond donors (Lipinski definition) is 1. The number of nitrogens with two attached hydrogens (primary N) is 1. The Morgan fingerprint density at radius 3 is 2.67 bits per heavy atom. The zero-order chi connectivity index (χ0) is 13.1. The molecule has 0 atom stereocenters. The molecule has 1 aromatic carbocycles. The van der Waals surface area contributed by atoms with Gasteiger partial charge in [0.25, 0.3) is 5.91 Å². The summed E-state index contributed by atoms with van der Waals surface area (Å²) in [6.45, 7) is 0. The third kappa shape index (κ3) is 2.51. The Bertz CT molecular complexity index is 599. The third-order valence-corrected chi connectivity index (χ3v) is 2.51. The average molecular weight is 248 g/mol. The molecule has 0 saturated heterocycles. The highest BCUT2D eigenvalue weighted by atomic mass is 19.2. The molecule has 2 N–H and O–H groups in total. The van der Waals surface area contributed by atoms with Gasteiger partial charge in [-0.3, -0.25) is 9.78 Å². The van der Waals surface area contributed by atoms with Crippen LogP contribution in [0.3, 0.4) is 0 Å². The maximum Gasteiger partial charge on any atom is 0.250 e. The van der Waals surface area contributed by atoms with Crippen molar-refractivity contribution in [2.45, 2.75) is 6.42 Å². The van der Waals surface area contributed by atoms with E-state index < -0.39 is 17.5 Å². The third-order valence-electron chi connectivity index (χ3n) is 2.51. The van der Waals surface area contributed by atoms with Gasteiger partial charge in [0, 0.05) is 12.6 Å². The SMILES string of the molecule is NC(=O)c1cccnc1Cc1ccc(F)c(F)c1. The van der Waals surface area contributed by atoms with Crippen LogP contribution < -0.4 is 5.73 Å². The first-order valence-electron chi connectivity index (χ1n) is 5.25. The zero-order valence-corrected chi connectivity index (χ0v) is 9.36. The van der Waals surface area contributed by atoms with E-state index >= 15 is 0 Å². The second-order valence-corrected chi connectivity index (χ2v) is 3.79. The van der Waals surface area contributed by atoms with Crippen LogP contribution >= 0.6 is 0 Å². The summed E-state index contributed by atoms with van der Waals surface area (Å²) >= 11 is 0. The second kappa shape index (κ2) is 4.91. The molecule has 2 aromatic rings. The van der Waals surface area contributed by atoms with Crippen molar-refractivity contribution in [2.75, 3.05) is 0 Å². The largest absolute Gasteiger partial charge is 0.366 e. The fourth-order valence-corrected chi connectivity index (χ4v) is 1.65. The molecule has 92 valence electrons. The van der Waals surface area contributed by atoms with E-state index in [0.717, 1.165) is 12.1 Å². The van der Waals surface area contributed by atoms with Crippen LogP contribution in [-0.4, -0.2) is 10.9 Å². The number of primary amides is 1. The van der Waals surface area contributed by atoms with Crippen LogP contribution in [0.5, 0.6) is 0 Å². The molecule has 0 aliphatic heterocycles. The summed E-state index contributed by atoms with van der Waals surface area (Å²) in [5, 5.41) is 0. The molecule has 1 heterocycles. The minimum atomic E-state index is -0.927. The standard InChI is InChI=1S/C13H10F2N2O/c14-10-4-3-8(6-11(10)15)7-12-9(13(16)18)2-1-5-17-12/h1-6H,7H2,(H2,16,18). The van der Waals surface area contributed by atoms with Crippen LogP contribution in [0.25, 0.3) is 0 Å². The first kappa shape index (κ1) is 12.2. The number of carbonyl (C=O) groups excluding carboxylic acids is 1. The Morgan fingerprint density at radius 2 is 2.00 bits per heavy atom. The lowest BCUT2D eigenvalue weighted by atomic mass is 10.0. The molecular formula is C13H10F2N2O. The number of hydrogen-bond acceptors (Lipinski definition) is 2. The van der Waals surface area contributed by atoms with Crippen molar-refractivity contribution < 1.29 is 13.6 Å². The summed E-state index contributed by atoms with van der Waals surface area (Å²) < 4.78 is 25.8. The summed E-state index contributed by atoms with van der Waals surface area (Å²) in [5.41, 5.74) is 6.45. The van der Waals surface area contributed by atoms with Crippen LogP contribution in [0.4, 0.5) is 8.78 Å². The molecule has 0 radical (unpaired) electrons. The van der Waals surface area contributed by atoms with Crippen LogP contribution in [0.15, 0.2) is 36.5 Å². The van der Waals surface area contributed by atoms with Gasteiger partial charge >= 0.3 is 0 Å². The van der Waals surface area contributed by atoms with Crippen molar-refractivity contribution in [2.24, 2.45) is 5.73 Å². The van der Waals surface area contributed by atoms with E-state index in [0.29, 0.717) is 11.3 Å². The first-order valence-corrected chi connectivity index (χ1v) is 5.25. The molecule has 1 aromatic heterocycles. The average Bonchev–Trinajstić information content (AvgIpc) is 2.34. The van der Waals surface area contributed by atoms with E-state index in [-0.39, 0.29) is 12.0 Å². The van der Waals surface area contributed by atoms with Gasteiger partial charge in [-0.25, -0.2) is 8.78 Å². The fourth-order valence-electron chi connectivity index (χ4n) is 1.65. The lowest BCUT2D eigenvalue weighted by Gasteiger charge is -2.05. The maximum absolute atomic E-state index is 13.1. The molecule has 1 amide bonds. The van der Waals surface area contributed by atoms with Gasteiger partial charge in [-0.15, -0.1) is 0 Å². The van der Waals surface area contributed by atoms with Gasteiger partial charge in [0.05, 0.1) is 11.3 Å². The van der Waals surface area contributed by atoms with Crippen molar-refractivity contribution in [3.8, 4) is 0 Å². The topological polar surface area (TPSA) is 56.0 Å². The van der Waals surface area contributed by atoms with Gasteiger partial charge in [-0.05, 0) is 29.8 Å². The lowest BCUT2D eigenvalue weighted by Crippen LogP contribution is -2.14. The molecule has 0 aliphatic rings. The monoisotopic (exact) mass is 248 g/mol. The highest BCUT2D eigenvalue weighted by Crippen LogP contribution is 2.14. The Labute approximate surface area is 102 Å². The minimum Gasteiger partial charge on any atom is -0.366 e. The Balaban J connectivity index is 2.34. The quantitative estimate of drug-likeness (QED) is 0.903.